The third-order valence-electron chi connectivity index (χ3n) is 7.59. The van der Waals surface area contributed by atoms with Crippen LogP contribution in [0.3, 0.4) is 0 Å². The average molecular weight is 513 g/mol. The second-order valence-electron chi connectivity index (χ2n) is 10.7. The predicted octanol–water partition coefficient (Wildman–Crippen LogP) is 4.53. The lowest BCUT2D eigenvalue weighted by atomic mass is 9.78. The van der Waals surface area contributed by atoms with Crippen LogP contribution in [0.2, 0.25) is 0 Å². The van der Waals surface area contributed by atoms with Crippen molar-refractivity contribution in [2.24, 2.45) is 0 Å². The number of hydrogen-bond donors (Lipinski definition) is 0. The molecule has 4 aliphatic rings. The van der Waals surface area contributed by atoms with Crippen molar-refractivity contribution < 1.29 is 37.9 Å². The van der Waals surface area contributed by atoms with Crippen molar-refractivity contribution in [3.8, 4) is 11.5 Å². The SMILES string of the molecule is CC(C)(c1ccc(OCC2COC3(CCCO3)O2)cc1)c1ccc(OCC2COC3(CCCO3)O2)cc1. The first-order valence-corrected chi connectivity index (χ1v) is 13.3. The van der Waals surface area contributed by atoms with E-state index in [1.165, 1.54) is 11.1 Å². The third-order valence-corrected chi connectivity index (χ3v) is 7.59. The zero-order chi connectivity index (χ0) is 25.3. The number of hydrogen-bond acceptors (Lipinski definition) is 8. The molecule has 0 bridgehead atoms. The van der Waals surface area contributed by atoms with E-state index in [-0.39, 0.29) is 17.6 Å². The highest BCUT2D eigenvalue weighted by Crippen LogP contribution is 2.37. The summed E-state index contributed by atoms with van der Waals surface area (Å²) in [4.78, 5) is 0. The lowest BCUT2D eigenvalue weighted by Gasteiger charge is -2.26. The average Bonchev–Trinajstić information content (AvgIpc) is 3.73. The highest BCUT2D eigenvalue weighted by Gasteiger charge is 2.46. The van der Waals surface area contributed by atoms with Crippen LogP contribution >= 0.6 is 0 Å². The van der Waals surface area contributed by atoms with Crippen LogP contribution in [0.15, 0.2) is 48.5 Å². The quantitative estimate of drug-likeness (QED) is 0.511. The van der Waals surface area contributed by atoms with Crippen LogP contribution in [-0.4, -0.2) is 63.8 Å². The molecule has 37 heavy (non-hydrogen) atoms. The van der Waals surface area contributed by atoms with Gasteiger partial charge in [-0.2, -0.15) is 0 Å². The van der Waals surface area contributed by atoms with Gasteiger partial charge in [0.2, 0.25) is 0 Å². The molecule has 200 valence electrons. The van der Waals surface area contributed by atoms with E-state index in [4.69, 9.17) is 37.9 Å². The van der Waals surface area contributed by atoms with Crippen molar-refractivity contribution in [1.29, 1.82) is 0 Å². The van der Waals surface area contributed by atoms with Gasteiger partial charge in [-0.1, -0.05) is 38.1 Å². The molecule has 2 aromatic rings. The molecule has 0 amide bonds. The summed E-state index contributed by atoms with van der Waals surface area (Å²) < 4.78 is 46.6. The second-order valence-corrected chi connectivity index (χ2v) is 10.7. The van der Waals surface area contributed by atoms with Gasteiger partial charge in [0, 0.05) is 18.3 Å². The van der Waals surface area contributed by atoms with Gasteiger partial charge < -0.3 is 37.9 Å². The Kier molecular flexibility index (Phi) is 6.90. The molecule has 8 nitrogen and oxygen atoms in total. The fourth-order valence-electron chi connectivity index (χ4n) is 5.32. The smallest absolute Gasteiger partial charge is 0.283 e. The van der Waals surface area contributed by atoms with E-state index >= 15 is 0 Å². The molecule has 2 spiro atoms. The summed E-state index contributed by atoms with van der Waals surface area (Å²) in [6.45, 7) is 7.64. The van der Waals surface area contributed by atoms with Gasteiger partial charge in [0.15, 0.2) is 0 Å². The fourth-order valence-corrected chi connectivity index (χ4v) is 5.32. The Bertz CT molecular complexity index is 955. The molecule has 0 saturated carbocycles. The van der Waals surface area contributed by atoms with Gasteiger partial charge in [-0.15, -0.1) is 0 Å². The van der Waals surface area contributed by atoms with Crippen molar-refractivity contribution in [3.63, 3.8) is 0 Å². The zero-order valence-corrected chi connectivity index (χ0v) is 21.6. The monoisotopic (exact) mass is 512 g/mol. The summed E-state index contributed by atoms with van der Waals surface area (Å²) in [6, 6.07) is 16.5. The first-order valence-electron chi connectivity index (χ1n) is 13.3. The maximum atomic E-state index is 5.98. The molecule has 0 aromatic heterocycles. The van der Waals surface area contributed by atoms with Gasteiger partial charge in [-0.3, -0.25) is 0 Å². The summed E-state index contributed by atoms with van der Waals surface area (Å²) in [7, 11) is 0. The molecule has 4 saturated heterocycles. The molecule has 0 radical (unpaired) electrons. The zero-order valence-electron chi connectivity index (χ0n) is 21.6. The molecule has 6 rings (SSSR count). The lowest BCUT2D eigenvalue weighted by Crippen LogP contribution is -2.30. The Balaban J connectivity index is 1.00. The summed E-state index contributed by atoms with van der Waals surface area (Å²) in [6.07, 6.45) is 3.23. The third kappa shape index (κ3) is 5.37. The molecule has 4 aliphatic heterocycles. The van der Waals surface area contributed by atoms with Gasteiger partial charge in [-0.25, -0.2) is 0 Å². The number of rotatable bonds is 8. The molecule has 0 N–H and O–H groups in total. The summed E-state index contributed by atoms with van der Waals surface area (Å²) in [5.74, 6) is -0.0609. The maximum Gasteiger partial charge on any atom is 0.283 e. The fraction of sp³-hybridized carbons (Fsp3) is 0.586. The molecule has 4 unspecified atom stereocenters. The van der Waals surface area contributed by atoms with Gasteiger partial charge in [0.25, 0.3) is 11.9 Å². The Morgan fingerprint density at radius 1 is 0.676 bits per heavy atom. The van der Waals surface area contributed by atoms with E-state index in [2.05, 4.69) is 38.1 Å². The van der Waals surface area contributed by atoms with E-state index < -0.39 is 11.9 Å². The highest BCUT2D eigenvalue weighted by molar-refractivity contribution is 5.41. The minimum Gasteiger partial charge on any atom is -0.491 e. The van der Waals surface area contributed by atoms with Crippen molar-refractivity contribution in [1.82, 2.24) is 0 Å². The van der Waals surface area contributed by atoms with Crippen LogP contribution < -0.4 is 9.47 Å². The minimum atomic E-state index is -0.839. The standard InChI is InChI=1S/C29H36O8/c1-27(2,21-5-9-23(10-6-21)30-17-25-19-34-28(36-25)13-3-15-32-28)22-7-11-24(12-8-22)31-18-26-20-35-29(37-26)14-4-16-33-29/h5-12,25-26H,3-4,13-20H2,1-2H3. The summed E-state index contributed by atoms with van der Waals surface area (Å²) in [5.41, 5.74) is 2.22. The van der Waals surface area contributed by atoms with Crippen LogP contribution in [0.4, 0.5) is 0 Å². The van der Waals surface area contributed by atoms with Crippen molar-refractivity contribution >= 4 is 0 Å². The molecule has 4 fully saturated rings. The van der Waals surface area contributed by atoms with Gasteiger partial charge in [-0.05, 0) is 48.2 Å². The van der Waals surface area contributed by atoms with E-state index in [1.807, 2.05) is 24.3 Å². The van der Waals surface area contributed by atoms with E-state index in [1.54, 1.807) is 0 Å². The second kappa shape index (κ2) is 10.2. The van der Waals surface area contributed by atoms with Gasteiger partial charge in [0.05, 0.1) is 26.4 Å². The van der Waals surface area contributed by atoms with Gasteiger partial charge in [0.1, 0.15) is 36.9 Å². The Labute approximate surface area is 218 Å². The largest absolute Gasteiger partial charge is 0.491 e. The van der Waals surface area contributed by atoms with Crippen LogP contribution in [0.5, 0.6) is 11.5 Å². The predicted molar refractivity (Wildman–Crippen MR) is 133 cm³/mol. The highest BCUT2D eigenvalue weighted by atomic mass is 16.9. The van der Waals surface area contributed by atoms with Crippen LogP contribution in [-0.2, 0) is 33.8 Å². The molecule has 0 aliphatic carbocycles. The first-order chi connectivity index (χ1) is 17.9. The normalized spacial score (nSPS) is 31.5. The lowest BCUT2D eigenvalue weighted by molar-refractivity contribution is -0.315. The minimum absolute atomic E-state index is 0.125. The van der Waals surface area contributed by atoms with Crippen molar-refractivity contribution in [2.45, 2.75) is 69.1 Å². The topological polar surface area (TPSA) is 73.8 Å². The van der Waals surface area contributed by atoms with Gasteiger partial charge >= 0.3 is 0 Å². The molecular weight excluding hydrogens is 476 g/mol. The summed E-state index contributed by atoms with van der Waals surface area (Å²) in [5, 5.41) is 0. The van der Waals surface area contributed by atoms with Crippen molar-refractivity contribution in [2.75, 3.05) is 39.6 Å². The molecule has 8 heteroatoms. The van der Waals surface area contributed by atoms with E-state index in [0.29, 0.717) is 39.6 Å². The molecule has 4 heterocycles. The van der Waals surface area contributed by atoms with E-state index in [9.17, 15) is 0 Å². The Morgan fingerprint density at radius 2 is 1.11 bits per heavy atom. The maximum absolute atomic E-state index is 5.98. The number of ether oxygens (including phenoxy) is 8. The van der Waals surface area contributed by atoms with E-state index in [0.717, 1.165) is 37.2 Å². The molecule has 4 atom stereocenters. The number of benzene rings is 2. The van der Waals surface area contributed by atoms with Crippen LogP contribution in [0.1, 0.15) is 50.7 Å². The van der Waals surface area contributed by atoms with Crippen LogP contribution in [0, 0.1) is 0 Å². The summed E-state index contributed by atoms with van der Waals surface area (Å²) >= 11 is 0. The Morgan fingerprint density at radius 3 is 1.49 bits per heavy atom. The van der Waals surface area contributed by atoms with Crippen LogP contribution in [0.25, 0.3) is 0 Å². The first kappa shape index (κ1) is 25.1. The van der Waals surface area contributed by atoms with Crippen molar-refractivity contribution in [3.05, 3.63) is 59.7 Å². The molecular formula is C29H36O8. The molecule has 2 aromatic carbocycles. The Hall–Kier alpha value is -2.20.